The van der Waals surface area contributed by atoms with Gasteiger partial charge in [0.15, 0.2) is 8.07 Å². The van der Waals surface area contributed by atoms with E-state index in [-0.39, 0.29) is 5.92 Å². The maximum absolute atomic E-state index is 6.26. The summed E-state index contributed by atoms with van der Waals surface area (Å²) in [5.74, 6) is 4.84. The molecule has 0 fully saturated rings. The first kappa shape index (κ1) is 32.1. The molecule has 1 aliphatic rings. The second-order valence-corrected chi connectivity index (χ2v) is 15.0. The highest BCUT2D eigenvalue weighted by atomic mass is 28.3. The minimum absolute atomic E-state index is 0.137. The predicted octanol–water partition coefficient (Wildman–Crippen LogP) is 5.98. The lowest BCUT2D eigenvalue weighted by molar-refractivity contribution is 0.401. The van der Waals surface area contributed by atoms with E-state index < -0.39 is 8.07 Å². The van der Waals surface area contributed by atoms with Crippen LogP contribution in [0.25, 0.3) is 0 Å². The monoisotopic (exact) mass is 602 g/mol. The van der Waals surface area contributed by atoms with Gasteiger partial charge in [0, 0.05) is 15.6 Å². The molecule has 1 unspecified atom stereocenters. The van der Waals surface area contributed by atoms with Crippen molar-refractivity contribution in [2.45, 2.75) is 48.5 Å². The van der Waals surface area contributed by atoms with Crippen LogP contribution in [0.15, 0.2) is 58.3 Å². The predicted molar refractivity (Wildman–Crippen MR) is 178 cm³/mol. The molecule has 0 amide bonds. The van der Waals surface area contributed by atoms with Gasteiger partial charge in [-0.1, -0.05) is 23.3 Å². The van der Waals surface area contributed by atoms with Crippen molar-refractivity contribution in [3.63, 3.8) is 0 Å². The SMILES string of the molecule is COc1cc([Si](C2=C(C)C(C)=C(C)C2C)(c2cc(OC)c(C)cc2OC)c2cc(OC)c(C)cc2OC)c(OC)cc1C. The molecule has 0 spiro atoms. The summed E-state index contributed by atoms with van der Waals surface area (Å²) in [6.45, 7) is 15.1. The third-order valence-electron chi connectivity index (χ3n) is 9.41. The van der Waals surface area contributed by atoms with Gasteiger partial charge in [-0.05, 0) is 106 Å². The normalized spacial score (nSPS) is 15.1. The molecule has 43 heavy (non-hydrogen) atoms. The van der Waals surface area contributed by atoms with Crippen LogP contribution in [-0.2, 0) is 0 Å². The van der Waals surface area contributed by atoms with Gasteiger partial charge in [0.05, 0.1) is 42.7 Å². The van der Waals surface area contributed by atoms with Gasteiger partial charge < -0.3 is 28.4 Å². The number of allylic oxidation sites excluding steroid dienone is 4. The van der Waals surface area contributed by atoms with Gasteiger partial charge >= 0.3 is 0 Å². The molecule has 0 saturated heterocycles. The van der Waals surface area contributed by atoms with Crippen LogP contribution in [0.5, 0.6) is 34.5 Å². The van der Waals surface area contributed by atoms with E-state index in [2.05, 4.69) is 64.1 Å². The molecular formula is C36H46O6Si. The maximum Gasteiger partial charge on any atom is 0.189 e. The zero-order chi connectivity index (χ0) is 31.8. The van der Waals surface area contributed by atoms with Crippen LogP contribution in [0.4, 0.5) is 0 Å². The lowest BCUT2D eigenvalue weighted by Crippen LogP contribution is -2.70. The van der Waals surface area contributed by atoms with Crippen LogP contribution in [0.1, 0.15) is 44.4 Å². The molecular weight excluding hydrogens is 556 g/mol. The van der Waals surface area contributed by atoms with Gasteiger partial charge in [-0.2, -0.15) is 0 Å². The molecule has 7 heteroatoms. The van der Waals surface area contributed by atoms with Crippen LogP contribution in [0, 0.1) is 26.7 Å². The van der Waals surface area contributed by atoms with Gasteiger partial charge in [0.2, 0.25) is 0 Å². The van der Waals surface area contributed by atoms with E-state index >= 15 is 0 Å². The van der Waals surface area contributed by atoms with Crippen molar-refractivity contribution in [1.29, 1.82) is 0 Å². The number of rotatable bonds is 10. The van der Waals surface area contributed by atoms with Crippen molar-refractivity contribution in [1.82, 2.24) is 0 Å². The smallest absolute Gasteiger partial charge is 0.189 e. The fraction of sp³-hybridized carbons (Fsp3) is 0.389. The van der Waals surface area contributed by atoms with Crippen LogP contribution in [0.3, 0.4) is 0 Å². The number of aryl methyl sites for hydroxylation is 3. The molecule has 6 nitrogen and oxygen atoms in total. The van der Waals surface area contributed by atoms with E-state index in [4.69, 9.17) is 28.4 Å². The maximum atomic E-state index is 6.26. The molecule has 0 aliphatic heterocycles. The minimum Gasteiger partial charge on any atom is -0.497 e. The Labute approximate surface area is 258 Å². The van der Waals surface area contributed by atoms with Crippen LogP contribution >= 0.6 is 0 Å². The number of methoxy groups -OCH3 is 6. The molecule has 0 aromatic heterocycles. The van der Waals surface area contributed by atoms with Crippen LogP contribution in [0.2, 0.25) is 0 Å². The third kappa shape index (κ3) is 4.97. The van der Waals surface area contributed by atoms with Gasteiger partial charge in [0.1, 0.15) is 34.5 Å². The van der Waals surface area contributed by atoms with Crippen molar-refractivity contribution in [2.24, 2.45) is 5.92 Å². The Morgan fingerprint density at radius 1 is 0.442 bits per heavy atom. The van der Waals surface area contributed by atoms with Crippen molar-refractivity contribution >= 4 is 23.6 Å². The van der Waals surface area contributed by atoms with E-state index in [1.165, 1.54) is 21.9 Å². The molecule has 0 bridgehead atoms. The highest BCUT2D eigenvalue weighted by Gasteiger charge is 2.53. The summed E-state index contributed by atoms with van der Waals surface area (Å²) < 4.78 is 36.7. The van der Waals surface area contributed by atoms with E-state index in [9.17, 15) is 0 Å². The highest BCUT2D eigenvalue weighted by molar-refractivity contribution is 7.17. The molecule has 0 radical (unpaired) electrons. The first-order chi connectivity index (χ1) is 20.5. The van der Waals surface area contributed by atoms with Crippen molar-refractivity contribution in [3.8, 4) is 34.5 Å². The molecule has 3 aromatic rings. The van der Waals surface area contributed by atoms with E-state index in [0.717, 1.165) is 66.7 Å². The first-order valence-electron chi connectivity index (χ1n) is 14.5. The number of benzene rings is 3. The summed E-state index contributed by atoms with van der Waals surface area (Å²) in [6, 6.07) is 12.7. The fourth-order valence-electron chi connectivity index (χ4n) is 6.87. The molecule has 1 aliphatic carbocycles. The largest absolute Gasteiger partial charge is 0.497 e. The van der Waals surface area contributed by atoms with Crippen molar-refractivity contribution in [2.75, 3.05) is 42.7 Å². The average Bonchev–Trinajstić information content (AvgIpc) is 3.20. The summed E-state index contributed by atoms with van der Waals surface area (Å²) in [5.41, 5.74) is 6.88. The van der Waals surface area contributed by atoms with E-state index in [0.29, 0.717) is 0 Å². The second-order valence-electron chi connectivity index (χ2n) is 11.4. The Bertz CT molecular complexity index is 1470. The highest BCUT2D eigenvalue weighted by Crippen LogP contribution is 2.45. The Morgan fingerprint density at radius 3 is 0.977 bits per heavy atom. The molecule has 3 aromatic carbocycles. The summed E-state index contributed by atoms with van der Waals surface area (Å²) in [4.78, 5) is 0. The average molecular weight is 603 g/mol. The number of ether oxygens (including phenoxy) is 6. The quantitative estimate of drug-likeness (QED) is 0.210. The zero-order valence-electron chi connectivity index (χ0n) is 28.0. The molecule has 0 N–H and O–H groups in total. The standard InChI is InChI=1S/C36H46O6Si/c1-20-14-30(40-11)33(17-27(20)37-8)43(36-25(6)23(4)24(5)26(36)7,34-18-28(38-9)21(2)15-31(34)41-12)35-19-29(39-10)22(3)16-32(35)42-13/h14-19,25H,1-13H3. The van der Waals surface area contributed by atoms with Crippen LogP contribution < -0.4 is 44.0 Å². The molecule has 1 atom stereocenters. The van der Waals surface area contributed by atoms with Gasteiger partial charge in [0.25, 0.3) is 0 Å². The summed E-state index contributed by atoms with van der Waals surface area (Å²) in [7, 11) is 6.96. The van der Waals surface area contributed by atoms with Crippen LogP contribution in [-0.4, -0.2) is 50.7 Å². The van der Waals surface area contributed by atoms with E-state index in [1.54, 1.807) is 42.7 Å². The fourth-order valence-corrected chi connectivity index (χ4v) is 12.9. The Balaban J connectivity index is 2.45. The van der Waals surface area contributed by atoms with Gasteiger partial charge in [-0.15, -0.1) is 0 Å². The topological polar surface area (TPSA) is 55.4 Å². The Hall–Kier alpha value is -3.84. The Morgan fingerprint density at radius 2 is 0.744 bits per heavy atom. The number of hydrogen-bond donors (Lipinski definition) is 0. The molecule has 4 rings (SSSR count). The lowest BCUT2D eigenvalue weighted by Gasteiger charge is -2.41. The summed E-state index contributed by atoms with van der Waals surface area (Å²) in [6.07, 6.45) is 0. The second kappa shape index (κ2) is 12.4. The lowest BCUT2D eigenvalue weighted by atomic mass is 10.1. The zero-order valence-corrected chi connectivity index (χ0v) is 29.0. The molecule has 230 valence electrons. The Kier molecular flexibility index (Phi) is 9.26. The minimum atomic E-state index is -3.39. The molecule has 0 heterocycles. The number of hydrogen-bond acceptors (Lipinski definition) is 6. The van der Waals surface area contributed by atoms with Gasteiger partial charge in [-0.25, -0.2) is 0 Å². The summed E-state index contributed by atoms with van der Waals surface area (Å²) in [5, 5.41) is 4.44. The third-order valence-corrected chi connectivity index (χ3v) is 14.6. The summed E-state index contributed by atoms with van der Waals surface area (Å²) >= 11 is 0. The van der Waals surface area contributed by atoms with E-state index in [1.807, 2.05) is 20.8 Å². The van der Waals surface area contributed by atoms with Crippen molar-refractivity contribution < 1.29 is 28.4 Å². The van der Waals surface area contributed by atoms with Crippen molar-refractivity contribution in [3.05, 3.63) is 75.0 Å². The first-order valence-corrected chi connectivity index (χ1v) is 16.5. The molecule has 0 saturated carbocycles. The van der Waals surface area contributed by atoms with Gasteiger partial charge in [-0.3, -0.25) is 0 Å².